The summed E-state index contributed by atoms with van der Waals surface area (Å²) >= 11 is 0. The van der Waals surface area contributed by atoms with Crippen molar-refractivity contribution in [2.24, 2.45) is 0 Å². The Morgan fingerprint density at radius 3 is 3.00 bits per heavy atom. The molecule has 1 fully saturated rings. The van der Waals surface area contributed by atoms with Crippen molar-refractivity contribution in [1.29, 1.82) is 0 Å². The Balaban J connectivity index is 1.90. The first-order chi connectivity index (χ1) is 7.31. The summed E-state index contributed by atoms with van der Waals surface area (Å²) in [4.78, 5) is 7.57. The van der Waals surface area contributed by atoms with E-state index in [0.717, 1.165) is 22.6 Å². The summed E-state index contributed by atoms with van der Waals surface area (Å²) in [7, 11) is 0. The molecule has 0 saturated heterocycles. The van der Waals surface area contributed by atoms with Gasteiger partial charge in [-0.1, -0.05) is 0 Å². The molecule has 1 N–H and O–H groups in total. The molecule has 0 spiro atoms. The number of aryl methyl sites for hydroxylation is 1. The zero-order valence-corrected chi connectivity index (χ0v) is 8.79. The van der Waals surface area contributed by atoms with Crippen LogP contribution in [0.1, 0.15) is 25.1 Å². The van der Waals surface area contributed by atoms with Crippen LogP contribution in [-0.2, 0) is 0 Å². The summed E-state index contributed by atoms with van der Waals surface area (Å²) in [6.45, 7) is 1.96. The van der Waals surface area contributed by atoms with E-state index in [1.54, 1.807) is 0 Å². The van der Waals surface area contributed by atoms with Gasteiger partial charge in [0.2, 0.25) is 0 Å². The van der Waals surface area contributed by atoms with Crippen LogP contribution < -0.4 is 4.74 Å². The van der Waals surface area contributed by atoms with Crippen molar-refractivity contribution in [2.75, 3.05) is 0 Å². The predicted molar refractivity (Wildman–Crippen MR) is 59.1 cm³/mol. The summed E-state index contributed by atoms with van der Waals surface area (Å²) < 4.78 is 5.82. The molecule has 3 heteroatoms. The molecule has 2 aromatic rings. The van der Waals surface area contributed by atoms with Crippen molar-refractivity contribution in [3.05, 3.63) is 24.0 Å². The van der Waals surface area contributed by atoms with Gasteiger partial charge in [-0.05, 0) is 38.3 Å². The fourth-order valence-electron chi connectivity index (χ4n) is 1.87. The Bertz CT molecular complexity index is 485. The minimum atomic E-state index is 0.437. The van der Waals surface area contributed by atoms with Gasteiger partial charge in [0.15, 0.2) is 0 Å². The number of benzene rings is 1. The molecule has 78 valence electrons. The Morgan fingerprint density at radius 1 is 1.40 bits per heavy atom. The van der Waals surface area contributed by atoms with Crippen molar-refractivity contribution in [3.63, 3.8) is 0 Å². The van der Waals surface area contributed by atoms with E-state index in [-0.39, 0.29) is 0 Å². The highest BCUT2D eigenvalue weighted by Gasteiger charge is 2.19. The third-order valence-electron chi connectivity index (χ3n) is 2.93. The molecule has 1 aliphatic rings. The molecule has 1 saturated carbocycles. The number of nitrogens with zero attached hydrogens (tertiary/aromatic N) is 1. The normalized spacial score (nSPS) is 16.6. The van der Waals surface area contributed by atoms with Gasteiger partial charge in [-0.25, -0.2) is 4.98 Å². The second-order valence-corrected chi connectivity index (χ2v) is 4.17. The van der Waals surface area contributed by atoms with Crippen LogP contribution in [0.3, 0.4) is 0 Å². The van der Waals surface area contributed by atoms with Crippen molar-refractivity contribution in [3.8, 4) is 5.75 Å². The van der Waals surface area contributed by atoms with E-state index in [4.69, 9.17) is 4.74 Å². The molecule has 1 aromatic carbocycles. The second kappa shape index (κ2) is 3.26. The maximum Gasteiger partial charge on any atom is 0.121 e. The van der Waals surface area contributed by atoms with Crippen LogP contribution in [-0.4, -0.2) is 16.1 Å². The summed E-state index contributed by atoms with van der Waals surface area (Å²) in [5.41, 5.74) is 2.07. The number of imidazole rings is 1. The van der Waals surface area contributed by atoms with Crippen LogP contribution >= 0.6 is 0 Å². The number of rotatable bonds is 2. The number of aromatic amines is 1. The molecule has 1 heterocycles. The first-order valence-corrected chi connectivity index (χ1v) is 5.44. The highest BCUT2D eigenvalue weighted by atomic mass is 16.5. The Morgan fingerprint density at radius 2 is 2.27 bits per heavy atom. The van der Waals surface area contributed by atoms with E-state index in [1.165, 1.54) is 19.3 Å². The van der Waals surface area contributed by atoms with Crippen LogP contribution in [0.2, 0.25) is 0 Å². The highest BCUT2D eigenvalue weighted by Crippen LogP contribution is 2.26. The number of ether oxygens (including phenoxy) is 1. The summed E-state index contributed by atoms with van der Waals surface area (Å²) in [6, 6.07) is 6.04. The molecule has 0 bridgehead atoms. The molecule has 3 nitrogen and oxygen atoms in total. The minimum Gasteiger partial charge on any atom is -0.490 e. The average molecular weight is 202 g/mol. The van der Waals surface area contributed by atoms with Gasteiger partial charge in [0.1, 0.15) is 11.6 Å². The smallest absolute Gasteiger partial charge is 0.121 e. The Hall–Kier alpha value is -1.51. The van der Waals surface area contributed by atoms with Crippen molar-refractivity contribution < 1.29 is 4.74 Å². The topological polar surface area (TPSA) is 37.9 Å². The van der Waals surface area contributed by atoms with Crippen LogP contribution in [0.25, 0.3) is 11.0 Å². The average Bonchev–Trinajstić information content (AvgIpc) is 2.50. The first-order valence-electron chi connectivity index (χ1n) is 5.44. The van der Waals surface area contributed by atoms with E-state index >= 15 is 0 Å². The maximum absolute atomic E-state index is 5.82. The van der Waals surface area contributed by atoms with Crippen LogP contribution in [0.15, 0.2) is 18.2 Å². The Labute approximate surface area is 88.5 Å². The van der Waals surface area contributed by atoms with E-state index in [9.17, 15) is 0 Å². The molecule has 0 radical (unpaired) electrons. The van der Waals surface area contributed by atoms with Gasteiger partial charge in [0.25, 0.3) is 0 Å². The number of nitrogens with one attached hydrogen (secondary N) is 1. The zero-order chi connectivity index (χ0) is 10.3. The van der Waals surface area contributed by atoms with Crippen molar-refractivity contribution >= 4 is 11.0 Å². The molecular formula is C12H14N2O. The fraction of sp³-hybridized carbons (Fsp3) is 0.417. The molecular weight excluding hydrogens is 188 g/mol. The van der Waals surface area contributed by atoms with Gasteiger partial charge in [-0.3, -0.25) is 0 Å². The van der Waals surface area contributed by atoms with Gasteiger partial charge < -0.3 is 9.72 Å². The lowest BCUT2D eigenvalue weighted by molar-refractivity contribution is 0.120. The monoisotopic (exact) mass is 202 g/mol. The fourth-order valence-corrected chi connectivity index (χ4v) is 1.87. The largest absolute Gasteiger partial charge is 0.490 e. The zero-order valence-electron chi connectivity index (χ0n) is 8.79. The number of hydrogen-bond donors (Lipinski definition) is 1. The third-order valence-corrected chi connectivity index (χ3v) is 2.93. The van der Waals surface area contributed by atoms with Crippen molar-refractivity contribution in [2.45, 2.75) is 32.3 Å². The minimum absolute atomic E-state index is 0.437. The van der Waals surface area contributed by atoms with Gasteiger partial charge >= 0.3 is 0 Å². The lowest BCUT2D eigenvalue weighted by Gasteiger charge is -2.26. The number of H-pyrrole nitrogens is 1. The van der Waals surface area contributed by atoms with Gasteiger partial charge in [-0.15, -0.1) is 0 Å². The SMILES string of the molecule is Cc1nc2ccc(OC3CCC3)cc2[nH]1. The highest BCUT2D eigenvalue weighted by molar-refractivity contribution is 5.76. The number of fused-ring (bicyclic) bond motifs is 1. The van der Waals surface area contributed by atoms with E-state index in [2.05, 4.69) is 9.97 Å². The summed E-state index contributed by atoms with van der Waals surface area (Å²) in [6.07, 6.45) is 4.13. The Kier molecular flexibility index (Phi) is 1.91. The lowest BCUT2D eigenvalue weighted by atomic mass is 9.96. The van der Waals surface area contributed by atoms with Gasteiger partial charge in [-0.2, -0.15) is 0 Å². The lowest BCUT2D eigenvalue weighted by Crippen LogP contribution is -2.24. The molecule has 0 unspecified atom stereocenters. The quantitative estimate of drug-likeness (QED) is 0.813. The second-order valence-electron chi connectivity index (χ2n) is 4.17. The molecule has 0 amide bonds. The third kappa shape index (κ3) is 1.58. The summed E-state index contributed by atoms with van der Waals surface area (Å²) in [5, 5.41) is 0. The maximum atomic E-state index is 5.82. The van der Waals surface area contributed by atoms with Gasteiger partial charge in [0, 0.05) is 6.07 Å². The van der Waals surface area contributed by atoms with E-state index < -0.39 is 0 Å². The predicted octanol–water partition coefficient (Wildman–Crippen LogP) is 2.80. The van der Waals surface area contributed by atoms with E-state index in [0.29, 0.717) is 6.10 Å². The number of hydrogen-bond acceptors (Lipinski definition) is 2. The number of aromatic nitrogens is 2. The van der Waals surface area contributed by atoms with Gasteiger partial charge in [0.05, 0.1) is 17.1 Å². The van der Waals surface area contributed by atoms with Crippen LogP contribution in [0.4, 0.5) is 0 Å². The molecule has 0 aliphatic heterocycles. The molecule has 1 aromatic heterocycles. The standard InChI is InChI=1S/C12H14N2O/c1-8-13-11-6-5-10(7-12(11)14-8)15-9-3-2-4-9/h5-7,9H,2-4H2,1H3,(H,13,14). The van der Waals surface area contributed by atoms with Crippen LogP contribution in [0, 0.1) is 6.92 Å². The molecule has 0 atom stereocenters. The van der Waals surface area contributed by atoms with Crippen molar-refractivity contribution in [1.82, 2.24) is 9.97 Å². The van der Waals surface area contributed by atoms with E-state index in [1.807, 2.05) is 25.1 Å². The van der Waals surface area contributed by atoms with Crippen LogP contribution in [0.5, 0.6) is 5.75 Å². The molecule has 15 heavy (non-hydrogen) atoms. The summed E-state index contributed by atoms with van der Waals surface area (Å²) in [5.74, 6) is 1.90. The first kappa shape index (κ1) is 8.77. The molecule has 3 rings (SSSR count). The molecule has 1 aliphatic carbocycles.